The lowest BCUT2D eigenvalue weighted by molar-refractivity contribution is -0.137. The van der Waals surface area contributed by atoms with Crippen LogP contribution in [0.1, 0.15) is 16.7 Å². The topological polar surface area (TPSA) is 9.86 Å². The van der Waals surface area contributed by atoms with Gasteiger partial charge in [-0.15, -0.1) is 0 Å². The van der Waals surface area contributed by atoms with Gasteiger partial charge in [-0.1, -0.05) is 120 Å². The maximum absolute atomic E-state index is 16.4. The number of fused-ring (bicyclic) bond motifs is 6. The molecule has 0 amide bonds. The van der Waals surface area contributed by atoms with Crippen LogP contribution in [0.15, 0.2) is 146 Å². The van der Waals surface area contributed by atoms with Gasteiger partial charge >= 0.3 is 6.18 Å². The normalized spacial score (nSPS) is 12.1. The molecule has 0 spiro atoms. The van der Waals surface area contributed by atoms with Crippen LogP contribution in [0.5, 0.6) is 0 Å². The molecule has 0 aliphatic heterocycles. The Morgan fingerprint density at radius 3 is 1.18 bits per heavy atom. The molecule has 300 valence electrons. The van der Waals surface area contributed by atoms with E-state index in [1.165, 1.54) is 9.13 Å². The Morgan fingerprint density at radius 1 is 0.361 bits per heavy atom. The summed E-state index contributed by atoms with van der Waals surface area (Å²) in [6.45, 7) is 3.83. The summed E-state index contributed by atoms with van der Waals surface area (Å²) in [7, 11) is 0. The lowest BCUT2D eigenvalue weighted by atomic mass is 9.97. The van der Waals surface area contributed by atoms with Crippen LogP contribution in [-0.2, 0) is 6.18 Å². The Bertz CT molecular complexity index is 3230. The van der Waals surface area contributed by atoms with Gasteiger partial charge in [0.2, 0.25) is 5.82 Å². The summed E-state index contributed by atoms with van der Waals surface area (Å²) in [5, 5.41) is 2.29. The Morgan fingerprint density at radius 2 is 0.754 bits per heavy atom. The van der Waals surface area contributed by atoms with Crippen LogP contribution < -0.4 is 0 Å². The number of benzene rings is 8. The highest BCUT2D eigenvalue weighted by Gasteiger charge is 2.40. The molecule has 2 heterocycles. The van der Waals surface area contributed by atoms with Crippen molar-refractivity contribution in [1.29, 1.82) is 0 Å². The number of hydrogen-bond acceptors (Lipinski definition) is 0. The molecule has 0 fully saturated rings. The monoisotopic (exact) mass is 822 g/mol. The number of para-hydroxylation sites is 2. The fraction of sp³-hybridized carbons (Fsp3) is 0.0588. The minimum absolute atomic E-state index is 0.314. The number of hydrogen-bond donors (Lipinski definition) is 0. The van der Waals surface area contributed by atoms with Crippen LogP contribution in [-0.4, -0.2) is 9.13 Å². The Balaban J connectivity index is 1.41. The van der Waals surface area contributed by atoms with Crippen LogP contribution in [0.25, 0.3) is 88.4 Å². The minimum atomic E-state index is -5.16. The van der Waals surface area contributed by atoms with Gasteiger partial charge in [0.25, 0.3) is 0 Å². The zero-order chi connectivity index (χ0) is 42.5. The van der Waals surface area contributed by atoms with E-state index in [9.17, 15) is 4.39 Å². The van der Waals surface area contributed by atoms with Gasteiger partial charge < -0.3 is 9.13 Å². The highest BCUT2D eigenvalue weighted by molar-refractivity contribution is 6.12. The number of nitrogens with zero attached hydrogens (tertiary/aromatic N) is 2. The molecule has 2 aromatic heterocycles. The number of halogens is 8. The largest absolute Gasteiger partial charge is 0.420 e. The minimum Gasteiger partial charge on any atom is -0.309 e. The second-order valence-corrected chi connectivity index (χ2v) is 15.2. The fourth-order valence-electron chi connectivity index (χ4n) is 8.73. The van der Waals surface area contributed by atoms with Crippen molar-refractivity contribution < 1.29 is 35.1 Å². The molecule has 0 unspecified atom stereocenters. The van der Waals surface area contributed by atoms with Gasteiger partial charge in [-0.25, -0.2) is 22.0 Å². The third-order valence-corrected chi connectivity index (χ3v) is 11.4. The summed E-state index contributed by atoms with van der Waals surface area (Å²) >= 11 is 0. The molecule has 0 radical (unpaired) electrons. The van der Waals surface area contributed by atoms with Gasteiger partial charge in [0.1, 0.15) is 5.56 Å². The van der Waals surface area contributed by atoms with Gasteiger partial charge in [-0.05, 0) is 78.1 Å². The summed E-state index contributed by atoms with van der Waals surface area (Å²) < 4.78 is 129. The third-order valence-electron chi connectivity index (χ3n) is 11.4. The number of rotatable bonds is 5. The van der Waals surface area contributed by atoms with Crippen molar-refractivity contribution in [3.8, 4) is 44.8 Å². The van der Waals surface area contributed by atoms with Gasteiger partial charge in [-0.2, -0.15) is 13.2 Å². The average molecular weight is 823 g/mol. The molecule has 10 rings (SSSR count). The van der Waals surface area contributed by atoms with E-state index in [1.54, 1.807) is 72.8 Å². The summed E-state index contributed by atoms with van der Waals surface area (Å²) in [6.07, 6.45) is -5.16. The van der Waals surface area contributed by atoms with E-state index in [0.29, 0.717) is 54.7 Å². The summed E-state index contributed by atoms with van der Waals surface area (Å²) in [5.41, 5.74) is 1.70. The lowest BCUT2D eigenvalue weighted by Crippen LogP contribution is -2.16. The van der Waals surface area contributed by atoms with Crippen LogP contribution in [0.4, 0.5) is 35.1 Å². The highest BCUT2D eigenvalue weighted by Crippen LogP contribution is 2.47. The van der Waals surface area contributed by atoms with E-state index in [-0.39, 0.29) is 0 Å². The highest BCUT2D eigenvalue weighted by atomic mass is 19.4. The van der Waals surface area contributed by atoms with Crippen LogP contribution in [0.2, 0.25) is 0 Å². The molecule has 0 aliphatic rings. The summed E-state index contributed by atoms with van der Waals surface area (Å²) in [5.74, 6) is -11.2. The van der Waals surface area contributed by atoms with Crippen molar-refractivity contribution in [3.63, 3.8) is 0 Å². The SMILES string of the molecule is Cc1cccc(-c2ccc3c4ccccc4n(-c4cc(-c5c(F)c(F)c(F)c(F)c5F)cc(-n5c6ccccc6c6ccc(-c7cccc(C)c7)cc65)c4C(F)(F)F)c3c2)c1. The average Bonchev–Trinajstić information content (AvgIpc) is 3.76. The molecule has 0 bridgehead atoms. The van der Waals surface area contributed by atoms with Gasteiger partial charge in [0.05, 0.1) is 39.0 Å². The van der Waals surface area contributed by atoms with Crippen molar-refractivity contribution in [2.45, 2.75) is 20.0 Å². The molecule has 0 N–H and O–H groups in total. The molecule has 61 heavy (non-hydrogen) atoms. The summed E-state index contributed by atoms with van der Waals surface area (Å²) in [4.78, 5) is 0. The maximum Gasteiger partial charge on any atom is 0.420 e. The Hall–Kier alpha value is -7.20. The first-order valence-electron chi connectivity index (χ1n) is 19.3. The maximum atomic E-state index is 16.4. The van der Waals surface area contributed by atoms with E-state index < -0.39 is 63.3 Å². The first-order chi connectivity index (χ1) is 29.3. The van der Waals surface area contributed by atoms with E-state index in [4.69, 9.17) is 0 Å². The Labute approximate surface area is 343 Å². The van der Waals surface area contributed by atoms with E-state index >= 15 is 30.7 Å². The fourth-order valence-corrected chi connectivity index (χ4v) is 8.73. The third kappa shape index (κ3) is 5.99. The van der Waals surface area contributed by atoms with Gasteiger partial charge in [-0.3, -0.25) is 0 Å². The van der Waals surface area contributed by atoms with Crippen LogP contribution in [0, 0.1) is 42.9 Å². The second-order valence-electron chi connectivity index (χ2n) is 15.2. The van der Waals surface area contributed by atoms with Crippen LogP contribution in [0.3, 0.4) is 0 Å². The van der Waals surface area contributed by atoms with Gasteiger partial charge in [0, 0.05) is 21.5 Å². The molecule has 10 heteroatoms. The quantitative estimate of drug-likeness (QED) is 0.0930. The predicted molar refractivity (Wildman–Crippen MR) is 226 cm³/mol. The van der Waals surface area contributed by atoms with E-state index in [2.05, 4.69) is 0 Å². The molecule has 2 nitrogen and oxygen atoms in total. The number of aromatic nitrogens is 2. The molecule has 10 aromatic rings. The molecule has 0 aliphatic carbocycles. The van der Waals surface area contributed by atoms with Crippen molar-refractivity contribution >= 4 is 43.6 Å². The molecule has 0 saturated carbocycles. The zero-order valence-corrected chi connectivity index (χ0v) is 32.3. The van der Waals surface area contributed by atoms with Crippen molar-refractivity contribution in [2.75, 3.05) is 0 Å². The van der Waals surface area contributed by atoms with E-state index in [0.717, 1.165) is 34.4 Å². The van der Waals surface area contributed by atoms with Gasteiger partial charge in [0.15, 0.2) is 23.3 Å². The molecular formula is C51H30F8N2. The first-order valence-corrected chi connectivity index (χ1v) is 19.3. The zero-order valence-electron chi connectivity index (χ0n) is 32.3. The van der Waals surface area contributed by atoms with Crippen molar-refractivity contribution in [3.05, 3.63) is 191 Å². The standard InChI is InChI=1S/C51H30F8N2/c1-27-9-7-11-29(21-27)31-17-19-36-34-13-3-5-15-38(34)60(40(36)23-31)42-25-33(44-46(52)48(54)50(56)49(55)47(44)53)26-43(45(42)51(57,58)59)61-39-16-6-4-14-35(39)37-20-18-32(24-41(37)61)30-12-8-10-28(2)22-30/h3-26H,1-2H3. The predicted octanol–water partition coefficient (Wildman–Crippen LogP) is 15.2. The smallest absolute Gasteiger partial charge is 0.309 e. The van der Waals surface area contributed by atoms with Crippen LogP contribution >= 0.6 is 0 Å². The van der Waals surface area contributed by atoms with Crippen molar-refractivity contribution in [2.24, 2.45) is 0 Å². The number of aryl methyl sites for hydroxylation is 2. The lowest BCUT2D eigenvalue weighted by Gasteiger charge is -2.23. The molecule has 0 atom stereocenters. The van der Waals surface area contributed by atoms with E-state index in [1.807, 2.05) is 74.5 Å². The summed E-state index contributed by atoms with van der Waals surface area (Å²) in [6, 6.07) is 41.2. The Kier molecular flexibility index (Phi) is 8.69. The molecular weight excluding hydrogens is 793 g/mol. The molecule has 0 saturated heterocycles. The first kappa shape index (κ1) is 38.0. The number of alkyl halides is 3. The molecule has 8 aromatic carbocycles. The van der Waals surface area contributed by atoms with Crippen molar-refractivity contribution in [1.82, 2.24) is 9.13 Å². The second kappa shape index (κ2) is 13.9.